The maximum atomic E-state index is 12.8. The minimum atomic E-state index is -4.69. The van der Waals surface area contributed by atoms with Crippen molar-refractivity contribution in [1.82, 2.24) is 19.3 Å². The molecule has 0 saturated heterocycles. The molecule has 0 saturated carbocycles. The van der Waals surface area contributed by atoms with Crippen molar-refractivity contribution >= 4 is 28.6 Å². The lowest BCUT2D eigenvalue weighted by molar-refractivity contribution is -0.141. The van der Waals surface area contributed by atoms with Crippen LogP contribution in [0.2, 0.25) is 0 Å². The summed E-state index contributed by atoms with van der Waals surface area (Å²) in [6.07, 6.45) is -2.99. The van der Waals surface area contributed by atoms with E-state index in [9.17, 15) is 18.0 Å². The van der Waals surface area contributed by atoms with E-state index in [2.05, 4.69) is 15.4 Å². The molecule has 0 aliphatic rings. The number of fused-ring (bicyclic) bond motifs is 1. The van der Waals surface area contributed by atoms with Gasteiger partial charge in [0.25, 0.3) is 0 Å². The number of anilines is 2. The molecule has 0 aliphatic heterocycles. The molecule has 0 spiro atoms. The summed E-state index contributed by atoms with van der Waals surface area (Å²) in [7, 11) is 0. The number of nitrogens with zero attached hydrogens (tertiary/aromatic N) is 4. The second-order valence-electron chi connectivity index (χ2n) is 6.40. The number of aryl methyl sites for hydroxylation is 1. The first kappa shape index (κ1) is 18.5. The van der Waals surface area contributed by atoms with Crippen molar-refractivity contribution in [3.05, 3.63) is 66.1 Å². The predicted molar refractivity (Wildman–Crippen MR) is 102 cm³/mol. The number of carbonyl (C=O) groups is 1. The Morgan fingerprint density at radius 2 is 1.90 bits per heavy atom. The highest BCUT2D eigenvalue weighted by Crippen LogP contribution is 2.29. The van der Waals surface area contributed by atoms with Gasteiger partial charge in [0, 0.05) is 17.4 Å². The number of aromatic nitrogens is 4. The Labute approximate surface area is 162 Å². The predicted octanol–water partition coefficient (Wildman–Crippen LogP) is 4.21. The summed E-state index contributed by atoms with van der Waals surface area (Å²) < 4.78 is 40.6. The van der Waals surface area contributed by atoms with Gasteiger partial charge in [-0.15, -0.1) is 0 Å². The van der Waals surface area contributed by atoms with Crippen molar-refractivity contribution in [1.29, 1.82) is 0 Å². The van der Waals surface area contributed by atoms with Crippen molar-refractivity contribution in [3.8, 4) is 5.69 Å². The number of benzene rings is 2. The van der Waals surface area contributed by atoms with Crippen LogP contribution in [-0.2, 0) is 6.18 Å². The van der Waals surface area contributed by atoms with Crippen LogP contribution in [0, 0.1) is 6.92 Å². The van der Waals surface area contributed by atoms with Gasteiger partial charge in [0.05, 0.1) is 11.0 Å². The van der Waals surface area contributed by atoms with Crippen LogP contribution in [0.1, 0.15) is 11.3 Å². The fraction of sp³-hybridized carbons (Fsp3) is 0.105. The number of nitrogen functional groups attached to an aromatic ring is 1. The molecule has 7 nitrogen and oxygen atoms in total. The molecule has 4 aromatic rings. The van der Waals surface area contributed by atoms with Crippen LogP contribution in [-0.4, -0.2) is 25.4 Å². The van der Waals surface area contributed by atoms with Gasteiger partial charge in [-0.05, 0) is 42.8 Å². The molecule has 2 heterocycles. The topological polar surface area (TPSA) is 90.8 Å². The minimum absolute atomic E-state index is 0.408. The van der Waals surface area contributed by atoms with Crippen LogP contribution < -0.4 is 11.1 Å². The number of nitrogens with one attached hydrogen (secondary N) is 1. The molecule has 0 fully saturated rings. The van der Waals surface area contributed by atoms with Gasteiger partial charge in [0.2, 0.25) is 0 Å². The van der Waals surface area contributed by atoms with Crippen molar-refractivity contribution in [3.63, 3.8) is 0 Å². The van der Waals surface area contributed by atoms with Crippen molar-refractivity contribution in [2.75, 3.05) is 11.1 Å². The second kappa shape index (κ2) is 6.66. The molecular formula is C19H15F3N6O. The van der Waals surface area contributed by atoms with Gasteiger partial charge in [-0.2, -0.15) is 23.0 Å². The Morgan fingerprint density at radius 3 is 2.59 bits per heavy atom. The van der Waals surface area contributed by atoms with E-state index in [0.29, 0.717) is 22.0 Å². The Morgan fingerprint density at radius 1 is 1.14 bits per heavy atom. The molecule has 4 rings (SSSR count). The normalized spacial score (nSPS) is 11.7. The standard InChI is InChI=1S/C19H15F3N6O/c1-11-8-12(27-10-24-14-4-2-3-5-15(14)27)6-7-13(11)25-18(29)28-17(23)9-16(26-28)19(20,21)22/h2-10H,23H2,1H3,(H,25,29). The van der Waals surface area contributed by atoms with Crippen LogP contribution in [0.3, 0.4) is 0 Å². The van der Waals surface area contributed by atoms with Gasteiger partial charge in [-0.1, -0.05) is 12.1 Å². The molecule has 0 bridgehead atoms. The average molecular weight is 400 g/mol. The number of nitrogens with two attached hydrogens (primary N) is 1. The first-order chi connectivity index (χ1) is 13.7. The smallest absolute Gasteiger partial charge is 0.383 e. The van der Waals surface area contributed by atoms with Gasteiger partial charge >= 0.3 is 12.2 Å². The third-order valence-corrected chi connectivity index (χ3v) is 4.40. The van der Waals surface area contributed by atoms with Gasteiger partial charge in [0.1, 0.15) is 12.1 Å². The maximum absolute atomic E-state index is 12.8. The largest absolute Gasteiger partial charge is 0.435 e. The van der Waals surface area contributed by atoms with E-state index in [0.717, 1.165) is 16.7 Å². The third-order valence-electron chi connectivity index (χ3n) is 4.40. The fourth-order valence-corrected chi connectivity index (χ4v) is 2.97. The number of alkyl halides is 3. The molecule has 0 radical (unpaired) electrons. The summed E-state index contributed by atoms with van der Waals surface area (Å²) in [4.78, 5) is 16.7. The number of halogens is 3. The molecule has 29 heavy (non-hydrogen) atoms. The summed E-state index contributed by atoms with van der Waals surface area (Å²) in [5.74, 6) is -0.408. The Hall–Kier alpha value is -3.82. The third kappa shape index (κ3) is 3.40. The van der Waals surface area contributed by atoms with Crippen LogP contribution in [0.5, 0.6) is 0 Å². The zero-order valence-electron chi connectivity index (χ0n) is 15.1. The summed E-state index contributed by atoms with van der Waals surface area (Å²) in [5, 5.41) is 5.77. The number of hydrogen-bond donors (Lipinski definition) is 2. The molecule has 2 aromatic heterocycles. The van der Waals surface area contributed by atoms with Gasteiger partial charge < -0.3 is 11.1 Å². The Bertz CT molecular complexity index is 1220. The minimum Gasteiger partial charge on any atom is -0.383 e. The molecule has 2 aromatic carbocycles. The summed E-state index contributed by atoms with van der Waals surface area (Å²) in [6, 6.07) is 12.6. The first-order valence-corrected chi connectivity index (χ1v) is 8.51. The summed E-state index contributed by atoms with van der Waals surface area (Å²) >= 11 is 0. The Balaban J connectivity index is 1.61. The van der Waals surface area contributed by atoms with Gasteiger partial charge in [-0.3, -0.25) is 4.57 Å². The van der Waals surface area contributed by atoms with Gasteiger partial charge in [-0.25, -0.2) is 9.78 Å². The van der Waals surface area contributed by atoms with E-state index in [4.69, 9.17) is 5.73 Å². The lowest BCUT2D eigenvalue weighted by Gasteiger charge is -2.12. The fourth-order valence-electron chi connectivity index (χ4n) is 2.97. The molecule has 0 atom stereocenters. The first-order valence-electron chi connectivity index (χ1n) is 8.51. The molecule has 0 aliphatic carbocycles. The highest BCUT2D eigenvalue weighted by Gasteiger charge is 2.35. The van der Waals surface area contributed by atoms with E-state index >= 15 is 0 Å². The van der Waals surface area contributed by atoms with Crippen LogP contribution in [0.15, 0.2) is 54.9 Å². The highest BCUT2D eigenvalue weighted by atomic mass is 19.4. The molecule has 10 heteroatoms. The van der Waals surface area contributed by atoms with E-state index in [1.807, 2.05) is 34.9 Å². The summed E-state index contributed by atoms with van der Waals surface area (Å²) in [5.41, 5.74) is 7.99. The molecular weight excluding hydrogens is 385 g/mol. The quantitative estimate of drug-likeness (QED) is 0.527. The maximum Gasteiger partial charge on any atom is 0.435 e. The molecule has 3 N–H and O–H groups in total. The van der Waals surface area contributed by atoms with E-state index in [1.54, 1.807) is 25.4 Å². The van der Waals surface area contributed by atoms with E-state index in [-0.39, 0.29) is 0 Å². The zero-order chi connectivity index (χ0) is 20.8. The van der Waals surface area contributed by atoms with E-state index < -0.39 is 23.7 Å². The molecule has 0 unspecified atom stereocenters. The lowest BCUT2D eigenvalue weighted by atomic mass is 10.1. The van der Waals surface area contributed by atoms with Crippen molar-refractivity contribution in [2.45, 2.75) is 13.1 Å². The zero-order valence-corrected chi connectivity index (χ0v) is 15.1. The van der Waals surface area contributed by atoms with Crippen LogP contribution in [0.4, 0.5) is 29.5 Å². The number of carbonyl (C=O) groups excluding carboxylic acids is 1. The van der Waals surface area contributed by atoms with Gasteiger partial charge in [0.15, 0.2) is 5.69 Å². The van der Waals surface area contributed by atoms with E-state index in [1.165, 1.54) is 0 Å². The Kier molecular flexibility index (Phi) is 4.26. The monoisotopic (exact) mass is 400 g/mol. The van der Waals surface area contributed by atoms with Crippen LogP contribution >= 0.6 is 0 Å². The van der Waals surface area contributed by atoms with Crippen molar-refractivity contribution in [2.24, 2.45) is 0 Å². The number of rotatable bonds is 2. The second-order valence-corrected chi connectivity index (χ2v) is 6.40. The average Bonchev–Trinajstić information content (AvgIpc) is 3.27. The highest BCUT2D eigenvalue weighted by molar-refractivity contribution is 5.93. The molecule has 1 amide bonds. The molecule has 148 valence electrons. The van der Waals surface area contributed by atoms with Crippen LogP contribution in [0.25, 0.3) is 16.7 Å². The SMILES string of the molecule is Cc1cc(-n2cnc3ccccc32)ccc1NC(=O)n1nc(C(F)(F)F)cc1N. The number of amides is 1. The summed E-state index contributed by atoms with van der Waals surface area (Å²) in [6.45, 7) is 1.77. The number of imidazole rings is 1. The lowest BCUT2D eigenvalue weighted by Crippen LogP contribution is -2.23. The van der Waals surface area contributed by atoms with Crippen molar-refractivity contribution < 1.29 is 18.0 Å². The number of hydrogen-bond acceptors (Lipinski definition) is 4. The number of para-hydroxylation sites is 2.